The van der Waals surface area contributed by atoms with Gasteiger partial charge in [-0.1, -0.05) is 19.1 Å². The van der Waals surface area contributed by atoms with Gasteiger partial charge < -0.3 is 10.4 Å². The third-order valence-corrected chi connectivity index (χ3v) is 2.93. The van der Waals surface area contributed by atoms with Gasteiger partial charge >= 0.3 is 0 Å². The molecule has 1 aromatic rings. The van der Waals surface area contributed by atoms with Crippen molar-refractivity contribution in [2.45, 2.75) is 32.2 Å². The van der Waals surface area contributed by atoms with E-state index in [-0.39, 0.29) is 12.1 Å². The van der Waals surface area contributed by atoms with Crippen LogP contribution in [0.25, 0.3) is 0 Å². The van der Waals surface area contributed by atoms with Gasteiger partial charge in [-0.15, -0.1) is 0 Å². The minimum atomic E-state index is -0.165. The summed E-state index contributed by atoms with van der Waals surface area (Å²) >= 11 is 0. The zero-order valence-corrected chi connectivity index (χ0v) is 9.83. The number of hydrogen-bond donors (Lipinski definition) is 2. The summed E-state index contributed by atoms with van der Waals surface area (Å²) in [6.07, 6.45) is 1.57. The Kier molecular flexibility index (Phi) is 4.33. The number of rotatable bonds is 5. The topological polar surface area (TPSA) is 56.0 Å². The Labute approximate surface area is 96.7 Å². The van der Waals surface area contributed by atoms with Crippen molar-refractivity contribution in [3.05, 3.63) is 29.8 Å². The minimum Gasteiger partial charge on any atom is -0.396 e. The van der Waals surface area contributed by atoms with E-state index in [4.69, 9.17) is 10.4 Å². The SMILES string of the molecule is CCC(C)(CCO)Nc1ccccc1C#N. The number of para-hydroxylation sites is 1. The van der Waals surface area contributed by atoms with Crippen LogP contribution in [0, 0.1) is 11.3 Å². The Morgan fingerprint density at radius 1 is 1.44 bits per heavy atom. The van der Waals surface area contributed by atoms with Crippen LogP contribution >= 0.6 is 0 Å². The standard InChI is InChI=1S/C13H18N2O/c1-3-13(2,8-9-16)15-12-7-5-4-6-11(12)10-14/h4-7,15-16H,3,8-9H2,1-2H3. The monoisotopic (exact) mass is 218 g/mol. The first-order valence-corrected chi connectivity index (χ1v) is 5.53. The van der Waals surface area contributed by atoms with E-state index in [0.717, 1.165) is 12.1 Å². The van der Waals surface area contributed by atoms with Gasteiger partial charge in [0.1, 0.15) is 6.07 Å². The first-order valence-electron chi connectivity index (χ1n) is 5.53. The maximum atomic E-state index is 9.03. The Bertz CT molecular complexity index is 384. The molecular weight excluding hydrogens is 200 g/mol. The van der Waals surface area contributed by atoms with Crippen molar-refractivity contribution in [1.29, 1.82) is 5.26 Å². The molecule has 1 unspecified atom stereocenters. The average molecular weight is 218 g/mol. The van der Waals surface area contributed by atoms with Gasteiger partial charge in [0.25, 0.3) is 0 Å². The highest BCUT2D eigenvalue weighted by molar-refractivity contribution is 5.58. The van der Waals surface area contributed by atoms with Gasteiger partial charge in [-0.05, 0) is 31.9 Å². The van der Waals surface area contributed by atoms with Gasteiger partial charge in [-0.2, -0.15) is 5.26 Å². The van der Waals surface area contributed by atoms with Gasteiger partial charge in [-0.3, -0.25) is 0 Å². The number of nitriles is 1. The van der Waals surface area contributed by atoms with Crippen molar-refractivity contribution >= 4 is 5.69 Å². The van der Waals surface area contributed by atoms with E-state index in [9.17, 15) is 0 Å². The summed E-state index contributed by atoms with van der Waals surface area (Å²) < 4.78 is 0. The normalized spacial score (nSPS) is 13.9. The van der Waals surface area contributed by atoms with Crippen LogP contribution < -0.4 is 5.32 Å². The number of hydrogen-bond acceptors (Lipinski definition) is 3. The molecule has 0 aliphatic rings. The molecular formula is C13H18N2O. The molecule has 1 rings (SSSR count). The largest absolute Gasteiger partial charge is 0.396 e. The highest BCUT2D eigenvalue weighted by Gasteiger charge is 2.21. The van der Waals surface area contributed by atoms with Crippen LogP contribution in [0.5, 0.6) is 0 Å². The Morgan fingerprint density at radius 3 is 2.69 bits per heavy atom. The van der Waals surface area contributed by atoms with Crippen LogP contribution in [0.4, 0.5) is 5.69 Å². The Hall–Kier alpha value is -1.53. The second-order valence-corrected chi connectivity index (χ2v) is 4.17. The molecule has 0 saturated carbocycles. The van der Waals surface area contributed by atoms with E-state index in [1.165, 1.54) is 0 Å². The van der Waals surface area contributed by atoms with Crippen molar-refractivity contribution in [2.75, 3.05) is 11.9 Å². The van der Waals surface area contributed by atoms with Crippen molar-refractivity contribution in [1.82, 2.24) is 0 Å². The molecule has 3 nitrogen and oxygen atoms in total. The third-order valence-electron chi connectivity index (χ3n) is 2.93. The summed E-state index contributed by atoms with van der Waals surface area (Å²) in [7, 11) is 0. The number of nitrogens with zero attached hydrogens (tertiary/aromatic N) is 1. The lowest BCUT2D eigenvalue weighted by Crippen LogP contribution is -2.35. The molecule has 2 N–H and O–H groups in total. The molecule has 0 radical (unpaired) electrons. The smallest absolute Gasteiger partial charge is 0.101 e. The molecule has 0 saturated heterocycles. The second kappa shape index (κ2) is 5.53. The highest BCUT2D eigenvalue weighted by atomic mass is 16.3. The highest BCUT2D eigenvalue weighted by Crippen LogP contribution is 2.23. The van der Waals surface area contributed by atoms with Crippen LogP contribution in [0.3, 0.4) is 0 Å². The van der Waals surface area contributed by atoms with E-state index in [1.54, 1.807) is 6.07 Å². The summed E-state index contributed by atoms with van der Waals surface area (Å²) in [5.74, 6) is 0. The summed E-state index contributed by atoms with van der Waals surface area (Å²) in [6.45, 7) is 4.26. The van der Waals surface area contributed by atoms with Crippen LogP contribution in [0.1, 0.15) is 32.3 Å². The van der Waals surface area contributed by atoms with Crippen LogP contribution in [0.15, 0.2) is 24.3 Å². The van der Waals surface area contributed by atoms with Gasteiger partial charge in [0.05, 0.1) is 11.3 Å². The van der Waals surface area contributed by atoms with E-state index in [0.29, 0.717) is 12.0 Å². The van der Waals surface area contributed by atoms with Gasteiger partial charge in [0.15, 0.2) is 0 Å². The number of aliphatic hydroxyl groups excluding tert-OH is 1. The van der Waals surface area contributed by atoms with E-state index in [1.807, 2.05) is 18.2 Å². The molecule has 0 bridgehead atoms. The Balaban J connectivity index is 2.90. The fourth-order valence-electron chi connectivity index (χ4n) is 1.59. The van der Waals surface area contributed by atoms with Crippen molar-refractivity contribution in [3.8, 4) is 6.07 Å². The van der Waals surface area contributed by atoms with Gasteiger partial charge in [0, 0.05) is 12.1 Å². The average Bonchev–Trinajstić information content (AvgIpc) is 2.30. The zero-order chi connectivity index (χ0) is 12.0. The van der Waals surface area contributed by atoms with Gasteiger partial charge in [0.2, 0.25) is 0 Å². The lowest BCUT2D eigenvalue weighted by atomic mass is 9.94. The third kappa shape index (κ3) is 2.98. The van der Waals surface area contributed by atoms with Crippen molar-refractivity contribution in [3.63, 3.8) is 0 Å². The molecule has 0 amide bonds. The lowest BCUT2D eigenvalue weighted by molar-refractivity contribution is 0.252. The predicted molar refractivity (Wildman–Crippen MR) is 65.2 cm³/mol. The van der Waals surface area contributed by atoms with Crippen LogP contribution in [-0.2, 0) is 0 Å². The lowest BCUT2D eigenvalue weighted by Gasteiger charge is -2.30. The summed E-state index contributed by atoms with van der Waals surface area (Å²) in [4.78, 5) is 0. The number of aliphatic hydroxyl groups is 1. The minimum absolute atomic E-state index is 0.145. The zero-order valence-electron chi connectivity index (χ0n) is 9.83. The van der Waals surface area contributed by atoms with E-state index >= 15 is 0 Å². The molecule has 1 atom stereocenters. The fraction of sp³-hybridized carbons (Fsp3) is 0.462. The molecule has 0 aromatic heterocycles. The molecule has 0 aliphatic carbocycles. The van der Waals surface area contributed by atoms with Crippen LogP contribution in [0.2, 0.25) is 0 Å². The number of benzene rings is 1. The first-order chi connectivity index (χ1) is 7.65. The maximum absolute atomic E-state index is 9.03. The molecule has 86 valence electrons. The molecule has 0 aliphatic heterocycles. The summed E-state index contributed by atoms with van der Waals surface area (Å²) in [5, 5.41) is 21.4. The van der Waals surface area contributed by atoms with Crippen LogP contribution in [-0.4, -0.2) is 17.3 Å². The number of nitrogens with one attached hydrogen (secondary N) is 1. The molecule has 0 fully saturated rings. The number of anilines is 1. The van der Waals surface area contributed by atoms with E-state index in [2.05, 4.69) is 25.2 Å². The predicted octanol–water partition coefficient (Wildman–Crippen LogP) is 2.52. The Morgan fingerprint density at radius 2 is 2.12 bits per heavy atom. The van der Waals surface area contributed by atoms with Crippen molar-refractivity contribution < 1.29 is 5.11 Å². The van der Waals surface area contributed by atoms with E-state index < -0.39 is 0 Å². The molecule has 0 heterocycles. The van der Waals surface area contributed by atoms with Gasteiger partial charge in [-0.25, -0.2) is 0 Å². The molecule has 16 heavy (non-hydrogen) atoms. The quantitative estimate of drug-likeness (QED) is 0.798. The molecule has 3 heteroatoms. The van der Waals surface area contributed by atoms with Crippen molar-refractivity contribution in [2.24, 2.45) is 0 Å². The first kappa shape index (κ1) is 12.5. The summed E-state index contributed by atoms with van der Waals surface area (Å²) in [5.41, 5.74) is 1.31. The fourth-order valence-corrected chi connectivity index (χ4v) is 1.59. The molecule has 1 aromatic carbocycles. The maximum Gasteiger partial charge on any atom is 0.101 e. The summed E-state index contributed by atoms with van der Waals surface area (Å²) in [6, 6.07) is 9.59. The molecule has 0 spiro atoms. The second-order valence-electron chi connectivity index (χ2n) is 4.17.